The summed E-state index contributed by atoms with van der Waals surface area (Å²) < 4.78 is 16.0. The molecule has 1 atom stereocenters. The summed E-state index contributed by atoms with van der Waals surface area (Å²) >= 11 is 1.62. The Hall–Kier alpha value is -1.59. The third-order valence-corrected chi connectivity index (χ3v) is 5.44. The molecular formula is C20H31IN4O3S. The minimum absolute atomic E-state index is 0. The molecule has 1 N–H and O–H groups in total. The summed E-state index contributed by atoms with van der Waals surface area (Å²) in [5, 5.41) is 6.46. The zero-order chi connectivity index (χ0) is 20.5. The van der Waals surface area contributed by atoms with Crippen LogP contribution < -0.4 is 14.8 Å². The zero-order valence-electron chi connectivity index (χ0n) is 17.9. The molecule has 1 unspecified atom stereocenters. The van der Waals surface area contributed by atoms with E-state index in [2.05, 4.69) is 25.6 Å². The highest BCUT2D eigenvalue weighted by Gasteiger charge is 2.13. The summed E-state index contributed by atoms with van der Waals surface area (Å²) in [5.41, 5.74) is 2.18. The summed E-state index contributed by atoms with van der Waals surface area (Å²) in [5.74, 6) is 2.31. The molecule has 1 heterocycles. The number of nitrogens with one attached hydrogen (secondary N) is 1. The van der Waals surface area contributed by atoms with E-state index in [0.29, 0.717) is 6.54 Å². The van der Waals surface area contributed by atoms with Crippen molar-refractivity contribution in [2.75, 3.05) is 42.0 Å². The summed E-state index contributed by atoms with van der Waals surface area (Å²) in [6.07, 6.45) is 0.863. The maximum Gasteiger partial charge on any atom is 0.193 e. The van der Waals surface area contributed by atoms with E-state index in [4.69, 9.17) is 14.2 Å². The van der Waals surface area contributed by atoms with E-state index in [-0.39, 0.29) is 30.1 Å². The number of halogens is 1. The van der Waals surface area contributed by atoms with Crippen LogP contribution in [0.25, 0.3) is 0 Å². The van der Waals surface area contributed by atoms with Crippen molar-refractivity contribution < 1.29 is 14.2 Å². The van der Waals surface area contributed by atoms with E-state index in [1.807, 2.05) is 32.2 Å². The Morgan fingerprint density at radius 3 is 2.59 bits per heavy atom. The molecular weight excluding hydrogens is 503 g/mol. The third-order valence-electron chi connectivity index (χ3n) is 4.39. The molecule has 0 aliphatic carbocycles. The maximum atomic E-state index is 5.36. The van der Waals surface area contributed by atoms with Crippen LogP contribution in [0, 0.1) is 0 Å². The summed E-state index contributed by atoms with van der Waals surface area (Å²) in [6, 6.07) is 5.97. The van der Waals surface area contributed by atoms with Crippen molar-refractivity contribution in [2.24, 2.45) is 4.99 Å². The molecule has 7 nitrogen and oxygen atoms in total. The minimum Gasteiger partial charge on any atom is -0.493 e. The first-order valence-corrected chi connectivity index (χ1v) is 10.00. The third kappa shape index (κ3) is 7.31. The number of hydrogen-bond acceptors (Lipinski definition) is 6. The molecule has 2 aromatic rings. The number of ether oxygens (including phenoxy) is 3. The Morgan fingerprint density at radius 2 is 1.97 bits per heavy atom. The number of guanidine groups is 1. The summed E-state index contributed by atoms with van der Waals surface area (Å²) in [4.78, 5) is 11.1. The lowest BCUT2D eigenvalue weighted by molar-refractivity contribution is 0.119. The van der Waals surface area contributed by atoms with Crippen LogP contribution in [-0.2, 0) is 17.7 Å². The molecule has 1 aromatic heterocycles. The second-order valence-electron chi connectivity index (χ2n) is 6.32. The van der Waals surface area contributed by atoms with Crippen molar-refractivity contribution in [2.45, 2.75) is 26.0 Å². The van der Waals surface area contributed by atoms with Gasteiger partial charge in [-0.05, 0) is 31.0 Å². The molecule has 162 valence electrons. The van der Waals surface area contributed by atoms with Crippen LogP contribution in [0.4, 0.5) is 0 Å². The first-order chi connectivity index (χ1) is 13.5. The Kier molecular flexibility index (Phi) is 11.3. The van der Waals surface area contributed by atoms with E-state index in [1.165, 1.54) is 5.56 Å². The topological polar surface area (TPSA) is 68.2 Å². The monoisotopic (exact) mass is 534 g/mol. The molecule has 2 rings (SSSR count). The van der Waals surface area contributed by atoms with Gasteiger partial charge in [0.05, 0.1) is 26.5 Å². The maximum absolute atomic E-state index is 5.36. The van der Waals surface area contributed by atoms with Gasteiger partial charge < -0.3 is 24.4 Å². The summed E-state index contributed by atoms with van der Waals surface area (Å²) in [6.45, 7) is 3.44. The van der Waals surface area contributed by atoms with Crippen molar-refractivity contribution in [3.63, 3.8) is 0 Å². The molecule has 1 aromatic carbocycles. The van der Waals surface area contributed by atoms with Gasteiger partial charge in [0.1, 0.15) is 11.1 Å². The molecule has 9 heteroatoms. The van der Waals surface area contributed by atoms with Crippen molar-refractivity contribution in [1.82, 2.24) is 15.2 Å². The first-order valence-electron chi connectivity index (χ1n) is 9.12. The van der Waals surface area contributed by atoms with E-state index >= 15 is 0 Å². The number of hydrogen-bond donors (Lipinski definition) is 1. The van der Waals surface area contributed by atoms with Gasteiger partial charge in [0.15, 0.2) is 17.5 Å². The van der Waals surface area contributed by atoms with Crippen LogP contribution >= 0.6 is 35.3 Å². The molecule has 0 fully saturated rings. The Morgan fingerprint density at radius 1 is 1.24 bits per heavy atom. The second-order valence-corrected chi connectivity index (χ2v) is 7.21. The molecule has 0 aliphatic heterocycles. The van der Waals surface area contributed by atoms with Gasteiger partial charge >= 0.3 is 0 Å². The SMILES string of the molecule is CN=C(NCCc1ccc(OC)c(OC)c1)N(C)Cc1csc(C(C)OC)n1.I. The molecule has 0 saturated heterocycles. The lowest BCUT2D eigenvalue weighted by Gasteiger charge is -2.21. The van der Waals surface area contributed by atoms with Gasteiger partial charge in [-0.25, -0.2) is 4.98 Å². The average Bonchev–Trinajstić information content (AvgIpc) is 3.18. The van der Waals surface area contributed by atoms with Crippen molar-refractivity contribution >= 4 is 41.3 Å². The van der Waals surface area contributed by atoms with Crippen LogP contribution in [0.15, 0.2) is 28.6 Å². The second kappa shape index (κ2) is 12.9. The fourth-order valence-electron chi connectivity index (χ4n) is 2.74. The number of benzene rings is 1. The number of thiazole rings is 1. The lowest BCUT2D eigenvalue weighted by atomic mass is 10.1. The van der Waals surface area contributed by atoms with Crippen LogP contribution in [-0.4, -0.2) is 57.8 Å². The number of rotatable bonds is 9. The Labute approximate surface area is 194 Å². The normalized spacial score (nSPS) is 12.1. The molecule has 0 amide bonds. The van der Waals surface area contributed by atoms with E-state index in [9.17, 15) is 0 Å². The molecule has 0 bridgehead atoms. The summed E-state index contributed by atoms with van der Waals surface area (Å²) in [7, 11) is 8.77. The predicted molar refractivity (Wildman–Crippen MR) is 129 cm³/mol. The van der Waals surface area contributed by atoms with Crippen LogP contribution in [0.1, 0.15) is 29.3 Å². The predicted octanol–water partition coefficient (Wildman–Crippen LogP) is 3.74. The Bertz CT molecular complexity index is 785. The van der Waals surface area contributed by atoms with Gasteiger partial charge in [0.2, 0.25) is 0 Å². The quantitative estimate of drug-likeness (QED) is 0.301. The van der Waals surface area contributed by atoms with Gasteiger partial charge in [-0.2, -0.15) is 0 Å². The fourth-order valence-corrected chi connectivity index (χ4v) is 3.58. The standard InChI is InChI=1S/C20H30N4O3S.HI/c1-14(25-4)19-23-16(13-28-19)12-24(3)20(21-2)22-10-9-15-7-8-17(26-5)18(11-15)27-6;/h7-8,11,13-14H,9-10,12H2,1-6H3,(H,21,22);1H. The molecule has 0 saturated carbocycles. The molecule has 0 spiro atoms. The van der Waals surface area contributed by atoms with Gasteiger partial charge in [-0.15, -0.1) is 35.3 Å². The highest BCUT2D eigenvalue weighted by Crippen LogP contribution is 2.27. The van der Waals surface area contributed by atoms with Crippen LogP contribution in [0.3, 0.4) is 0 Å². The van der Waals surface area contributed by atoms with E-state index in [0.717, 1.165) is 41.1 Å². The highest BCUT2D eigenvalue weighted by atomic mass is 127. The number of aliphatic imine (C=N–C) groups is 1. The van der Waals surface area contributed by atoms with E-state index < -0.39 is 0 Å². The molecule has 29 heavy (non-hydrogen) atoms. The highest BCUT2D eigenvalue weighted by molar-refractivity contribution is 14.0. The largest absolute Gasteiger partial charge is 0.493 e. The van der Waals surface area contributed by atoms with Crippen molar-refractivity contribution in [1.29, 1.82) is 0 Å². The first kappa shape index (κ1) is 25.4. The van der Waals surface area contributed by atoms with Gasteiger partial charge in [0, 0.05) is 33.1 Å². The van der Waals surface area contributed by atoms with Gasteiger partial charge in [0.25, 0.3) is 0 Å². The molecule has 0 radical (unpaired) electrons. The van der Waals surface area contributed by atoms with Gasteiger partial charge in [-0.1, -0.05) is 6.07 Å². The van der Waals surface area contributed by atoms with Gasteiger partial charge in [-0.3, -0.25) is 4.99 Å². The number of methoxy groups -OCH3 is 3. The minimum atomic E-state index is 0. The number of aromatic nitrogens is 1. The van der Waals surface area contributed by atoms with Crippen LogP contribution in [0.5, 0.6) is 11.5 Å². The molecule has 0 aliphatic rings. The van der Waals surface area contributed by atoms with Crippen molar-refractivity contribution in [3.8, 4) is 11.5 Å². The van der Waals surface area contributed by atoms with Crippen LogP contribution in [0.2, 0.25) is 0 Å². The fraction of sp³-hybridized carbons (Fsp3) is 0.500. The van der Waals surface area contributed by atoms with E-state index in [1.54, 1.807) is 39.7 Å². The van der Waals surface area contributed by atoms with Crippen molar-refractivity contribution in [3.05, 3.63) is 39.8 Å². The smallest absolute Gasteiger partial charge is 0.193 e. The number of nitrogens with zero attached hydrogens (tertiary/aromatic N) is 3. The average molecular weight is 534 g/mol. The lowest BCUT2D eigenvalue weighted by Crippen LogP contribution is -2.39. The zero-order valence-corrected chi connectivity index (χ0v) is 21.0. The Balaban J connectivity index is 0.00000420.